The van der Waals surface area contributed by atoms with Gasteiger partial charge < -0.3 is 9.84 Å². The van der Waals surface area contributed by atoms with Crippen molar-refractivity contribution in [2.24, 2.45) is 5.41 Å². The maximum Gasteiger partial charge on any atom is 0.323 e. The van der Waals surface area contributed by atoms with Gasteiger partial charge in [-0.3, -0.25) is 9.59 Å². The molecule has 1 rings (SSSR count). The van der Waals surface area contributed by atoms with Gasteiger partial charge in [-0.25, -0.2) is 0 Å². The highest BCUT2D eigenvalue weighted by atomic mass is 79.9. The summed E-state index contributed by atoms with van der Waals surface area (Å²) in [6.45, 7) is 1.36. The molecule has 4 nitrogen and oxygen atoms in total. The minimum absolute atomic E-state index is 0.0995. The summed E-state index contributed by atoms with van der Waals surface area (Å²) in [5, 5.41) is 9.14. The molecule has 0 amide bonds. The zero-order chi connectivity index (χ0) is 13.1. The summed E-state index contributed by atoms with van der Waals surface area (Å²) in [6, 6.07) is 7.15. The molecule has 0 heterocycles. The van der Waals surface area contributed by atoms with Crippen molar-refractivity contribution in [1.82, 2.24) is 0 Å². The van der Waals surface area contributed by atoms with Gasteiger partial charge in [0.25, 0.3) is 0 Å². The molecule has 0 aliphatic heterocycles. The van der Waals surface area contributed by atoms with E-state index in [9.17, 15) is 9.59 Å². The Morgan fingerprint density at radius 3 is 2.29 bits per heavy atom. The van der Waals surface area contributed by atoms with Crippen molar-refractivity contribution < 1.29 is 19.4 Å². The van der Waals surface area contributed by atoms with Crippen LogP contribution in [0.1, 0.15) is 12.5 Å². The first kappa shape index (κ1) is 13.7. The van der Waals surface area contributed by atoms with Crippen LogP contribution in [0.25, 0.3) is 0 Å². The zero-order valence-electron chi connectivity index (χ0n) is 9.57. The van der Waals surface area contributed by atoms with Crippen LogP contribution in [0, 0.1) is 5.41 Å². The summed E-state index contributed by atoms with van der Waals surface area (Å²) in [7, 11) is 1.19. The first-order valence-corrected chi connectivity index (χ1v) is 5.75. The molecule has 92 valence electrons. The van der Waals surface area contributed by atoms with Gasteiger partial charge >= 0.3 is 11.9 Å². The van der Waals surface area contributed by atoms with Gasteiger partial charge in [0, 0.05) is 4.47 Å². The van der Waals surface area contributed by atoms with Crippen molar-refractivity contribution in [3.05, 3.63) is 34.3 Å². The van der Waals surface area contributed by atoms with Crippen LogP contribution in [0.5, 0.6) is 0 Å². The third kappa shape index (κ3) is 3.06. The number of carboxylic acids is 1. The standard InChI is InChI=1S/C12H13BrO4/c1-12(10(14)15,11(16)17-2)7-8-3-5-9(13)6-4-8/h3-6H,7H2,1-2H3,(H,14,15). The van der Waals surface area contributed by atoms with Crippen LogP contribution in [0.2, 0.25) is 0 Å². The van der Waals surface area contributed by atoms with Gasteiger partial charge in [0.1, 0.15) is 0 Å². The number of carboxylic acid groups (broad SMARTS) is 1. The summed E-state index contributed by atoms with van der Waals surface area (Å²) >= 11 is 3.29. The molecule has 1 aromatic rings. The second kappa shape index (κ2) is 5.31. The third-order valence-corrected chi connectivity index (χ3v) is 3.11. The number of benzene rings is 1. The topological polar surface area (TPSA) is 63.6 Å². The number of hydrogen-bond donors (Lipinski definition) is 1. The molecule has 0 aliphatic rings. The van der Waals surface area contributed by atoms with Crippen LogP contribution in [0.15, 0.2) is 28.7 Å². The van der Waals surface area contributed by atoms with E-state index in [1.165, 1.54) is 14.0 Å². The Morgan fingerprint density at radius 2 is 1.88 bits per heavy atom. The minimum Gasteiger partial charge on any atom is -0.480 e. The predicted octanol–water partition coefficient (Wildman–Crippen LogP) is 2.26. The molecule has 5 heteroatoms. The second-order valence-corrected chi connectivity index (χ2v) is 4.85. The second-order valence-electron chi connectivity index (χ2n) is 3.93. The first-order chi connectivity index (χ1) is 7.90. The van der Waals surface area contributed by atoms with E-state index in [-0.39, 0.29) is 6.42 Å². The van der Waals surface area contributed by atoms with E-state index in [0.717, 1.165) is 10.0 Å². The van der Waals surface area contributed by atoms with Crippen LogP contribution < -0.4 is 0 Å². The number of esters is 1. The molecular formula is C12H13BrO4. The lowest BCUT2D eigenvalue weighted by atomic mass is 9.84. The van der Waals surface area contributed by atoms with Gasteiger partial charge in [-0.05, 0) is 31.0 Å². The molecule has 0 aromatic heterocycles. The fourth-order valence-electron chi connectivity index (χ4n) is 1.47. The molecule has 0 saturated heterocycles. The molecule has 0 spiro atoms. The van der Waals surface area contributed by atoms with Crippen molar-refractivity contribution >= 4 is 27.9 Å². The molecule has 0 radical (unpaired) electrons. The van der Waals surface area contributed by atoms with E-state index in [0.29, 0.717) is 0 Å². The lowest BCUT2D eigenvalue weighted by Gasteiger charge is -2.21. The molecule has 0 saturated carbocycles. The molecule has 0 fully saturated rings. The van der Waals surface area contributed by atoms with Gasteiger partial charge in [0.2, 0.25) is 0 Å². The van der Waals surface area contributed by atoms with Gasteiger partial charge in [-0.2, -0.15) is 0 Å². The van der Waals surface area contributed by atoms with Crippen LogP contribution in [-0.2, 0) is 20.7 Å². The minimum atomic E-state index is -1.55. The maximum atomic E-state index is 11.5. The monoisotopic (exact) mass is 300 g/mol. The largest absolute Gasteiger partial charge is 0.480 e. The lowest BCUT2D eigenvalue weighted by Crippen LogP contribution is -2.39. The van der Waals surface area contributed by atoms with Crippen molar-refractivity contribution in [1.29, 1.82) is 0 Å². The van der Waals surface area contributed by atoms with E-state index >= 15 is 0 Å². The molecular weight excluding hydrogens is 288 g/mol. The van der Waals surface area contributed by atoms with Crippen LogP contribution in [-0.4, -0.2) is 24.2 Å². The molecule has 1 atom stereocenters. The first-order valence-electron chi connectivity index (χ1n) is 4.96. The van der Waals surface area contributed by atoms with E-state index in [4.69, 9.17) is 5.11 Å². The number of carbonyl (C=O) groups excluding carboxylic acids is 1. The smallest absolute Gasteiger partial charge is 0.323 e. The van der Waals surface area contributed by atoms with Gasteiger partial charge in [-0.15, -0.1) is 0 Å². The molecule has 1 N–H and O–H groups in total. The van der Waals surface area contributed by atoms with E-state index in [1.54, 1.807) is 24.3 Å². The number of rotatable bonds is 4. The number of aliphatic carboxylic acids is 1. The third-order valence-electron chi connectivity index (χ3n) is 2.58. The summed E-state index contributed by atoms with van der Waals surface area (Å²) in [5.74, 6) is -1.93. The average molecular weight is 301 g/mol. The number of carbonyl (C=O) groups is 2. The average Bonchev–Trinajstić information content (AvgIpc) is 2.30. The van der Waals surface area contributed by atoms with Crippen molar-refractivity contribution in [3.8, 4) is 0 Å². The normalized spacial score (nSPS) is 13.8. The predicted molar refractivity (Wildman–Crippen MR) is 65.6 cm³/mol. The van der Waals surface area contributed by atoms with E-state index in [2.05, 4.69) is 20.7 Å². The molecule has 17 heavy (non-hydrogen) atoms. The van der Waals surface area contributed by atoms with Crippen LogP contribution >= 0.6 is 15.9 Å². The summed E-state index contributed by atoms with van der Waals surface area (Å²) in [6.07, 6.45) is 0.0995. The summed E-state index contributed by atoms with van der Waals surface area (Å²) in [4.78, 5) is 22.7. The Hall–Kier alpha value is -1.36. The molecule has 0 aliphatic carbocycles. The van der Waals surface area contributed by atoms with E-state index < -0.39 is 17.4 Å². The Labute approximate surface area is 108 Å². The Morgan fingerprint density at radius 1 is 1.35 bits per heavy atom. The fourth-order valence-corrected chi connectivity index (χ4v) is 1.74. The van der Waals surface area contributed by atoms with Gasteiger partial charge in [0.15, 0.2) is 5.41 Å². The van der Waals surface area contributed by atoms with E-state index in [1.807, 2.05) is 0 Å². The number of ether oxygens (including phenoxy) is 1. The number of halogens is 1. The summed E-state index contributed by atoms with van der Waals surface area (Å²) in [5.41, 5.74) is -0.786. The van der Waals surface area contributed by atoms with Crippen molar-refractivity contribution in [2.75, 3.05) is 7.11 Å². The van der Waals surface area contributed by atoms with Gasteiger partial charge in [-0.1, -0.05) is 28.1 Å². The highest BCUT2D eigenvalue weighted by molar-refractivity contribution is 9.10. The number of hydrogen-bond acceptors (Lipinski definition) is 3. The van der Waals surface area contributed by atoms with Crippen molar-refractivity contribution in [2.45, 2.75) is 13.3 Å². The zero-order valence-corrected chi connectivity index (χ0v) is 11.2. The Bertz CT molecular complexity index is 427. The fraction of sp³-hybridized carbons (Fsp3) is 0.333. The van der Waals surface area contributed by atoms with Crippen molar-refractivity contribution in [3.63, 3.8) is 0 Å². The lowest BCUT2D eigenvalue weighted by molar-refractivity contribution is -0.165. The SMILES string of the molecule is COC(=O)C(C)(Cc1ccc(Br)cc1)C(=O)O. The Balaban J connectivity index is 2.99. The highest BCUT2D eigenvalue weighted by Crippen LogP contribution is 2.25. The maximum absolute atomic E-state index is 11.5. The van der Waals surface area contributed by atoms with Crippen LogP contribution in [0.4, 0.5) is 0 Å². The quantitative estimate of drug-likeness (QED) is 0.684. The highest BCUT2D eigenvalue weighted by Gasteiger charge is 2.42. The van der Waals surface area contributed by atoms with Crippen LogP contribution in [0.3, 0.4) is 0 Å². The molecule has 1 aromatic carbocycles. The summed E-state index contributed by atoms with van der Waals surface area (Å²) < 4.78 is 5.44. The Kier molecular flexibility index (Phi) is 4.28. The van der Waals surface area contributed by atoms with Gasteiger partial charge in [0.05, 0.1) is 7.11 Å². The molecule has 0 bridgehead atoms. The number of methoxy groups -OCH3 is 1. The molecule has 1 unspecified atom stereocenters.